The summed E-state index contributed by atoms with van der Waals surface area (Å²) in [6.45, 7) is 2.47. The van der Waals surface area contributed by atoms with Gasteiger partial charge in [0, 0.05) is 11.3 Å². The molecule has 0 aliphatic carbocycles. The van der Waals surface area contributed by atoms with Gasteiger partial charge in [-0.15, -0.1) is 0 Å². The zero-order chi connectivity index (χ0) is 13.1. The van der Waals surface area contributed by atoms with E-state index in [1.165, 1.54) is 0 Å². The van der Waals surface area contributed by atoms with E-state index in [0.29, 0.717) is 11.6 Å². The minimum absolute atomic E-state index is 0.00225. The number of anilines is 1. The maximum absolute atomic E-state index is 11.9. The fraction of sp³-hybridized carbons (Fsp3) is 0.385. The number of hydrogen-bond donors (Lipinski definition) is 2. The normalized spacial score (nSPS) is 22.7. The molecule has 0 radical (unpaired) electrons. The van der Waals surface area contributed by atoms with E-state index in [4.69, 9.17) is 22.7 Å². The molecule has 3 N–H and O–H groups in total. The number of carbonyl (C=O) groups is 1. The van der Waals surface area contributed by atoms with Crippen LogP contribution in [0.3, 0.4) is 0 Å². The zero-order valence-corrected chi connectivity index (χ0v) is 11.0. The van der Waals surface area contributed by atoms with Crippen LogP contribution in [0.1, 0.15) is 18.9 Å². The van der Waals surface area contributed by atoms with Crippen molar-refractivity contribution in [3.05, 3.63) is 29.8 Å². The van der Waals surface area contributed by atoms with Crippen LogP contribution in [-0.2, 0) is 9.53 Å². The molecule has 0 bridgehead atoms. The Labute approximate surface area is 112 Å². The summed E-state index contributed by atoms with van der Waals surface area (Å²) < 4.78 is 5.38. The molecular formula is C13H16N2O2S. The van der Waals surface area contributed by atoms with Crippen LogP contribution >= 0.6 is 12.2 Å². The molecule has 0 spiro atoms. The molecule has 96 valence electrons. The molecule has 1 aliphatic rings. The number of thiocarbonyl (C=S) groups is 1. The molecule has 1 aromatic rings. The molecule has 1 aliphatic heterocycles. The molecule has 2 atom stereocenters. The highest BCUT2D eigenvalue weighted by Crippen LogP contribution is 2.21. The van der Waals surface area contributed by atoms with Crippen LogP contribution in [-0.4, -0.2) is 23.6 Å². The first-order valence-corrected chi connectivity index (χ1v) is 6.29. The largest absolute Gasteiger partial charge is 0.389 e. The summed E-state index contributed by atoms with van der Waals surface area (Å²) in [5.74, 6) is -0.0577. The van der Waals surface area contributed by atoms with E-state index in [1.54, 1.807) is 24.3 Å². The van der Waals surface area contributed by atoms with Crippen molar-refractivity contribution >= 4 is 28.8 Å². The third-order valence-corrected chi connectivity index (χ3v) is 3.24. The minimum Gasteiger partial charge on any atom is -0.389 e. The van der Waals surface area contributed by atoms with E-state index in [0.717, 1.165) is 17.7 Å². The zero-order valence-electron chi connectivity index (χ0n) is 10.2. The van der Waals surface area contributed by atoms with Gasteiger partial charge in [0.1, 0.15) is 4.99 Å². The van der Waals surface area contributed by atoms with Crippen molar-refractivity contribution in [3.63, 3.8) is 0 Å². The summed E-state index contributed by atoms with van der Waals surface area (Å²) in [5.41, 5.74) is 7.05. The molecule has 5 heteroatoms. The van der Waals surface area contributed by atoms with Crippen LogP contribution in [0.5, 0.6) is 0 Å². The van der Waals surface area contributed by atoms with Gasteiger partial charge < -0.3 is 15.8 Å². The third kappa shape index (κ3) is 3.05. The Morgan fingerprint density at radius 1 is 1.44 bits per heavy atom. The molecule has 0 aromatic heterocycles. The second kappa shape index (κ2) is 5.46. The molecule has 2 rings (SSSR count). The predicted octanol–water partition coefficient (Wildman–Crippen LogP) is 1.68. The highest BCUT2D eigenvalue weighted by Gasteiger charge is 2.28. The summed E-state index contributed by atoms with van der Waals surface area (Å²) in [6.07, 6.45) is 0.939. The summed E-state index contributed by atoms with van der Waals surface area (Å²) >= 11 is 4.87. The number of ether oxygens (including phenoxy) is 1. The van der Waals surface area contributed by atoms with Crippen molar-refractivity contribution in [3.8, 4) is 0 Å². The Bertz CT molecular complexity index is 459. The molecule has 1 heterocycles. The molecule has 1 saturated heterocycles. The smallest absolute Gasteiger partial charge is 0.229 e. The van der Waals surface area contributed by atoms with E-state index in [9.17, 15) is 4.79 Å². The summed E-state index contributed by atoms with van der Waals surface area (Å²) in [5, 5.41) is 2.87. The summed E-state index contributed by atoms with van der Waals surface area (Å²) in [7, 11) is 0. The standard InChI is InChI=1S/C13H16N2O2S/c1-8-6-10(7-17-8)13(16)15-11-4-2-9(3-5-11)12(14)18/h2-5,8,10H,6-7H2,1H3,(H2,14,18)(H,15,16). The van der Waals surface area contributed by atoms with Gasteiger partial charge in [0.2, 0.25) is 5.91 Å². The molecule has 1 aromatic carbocycles. The third-order valence-electron chi connectivity index (χ3n) is 3.01. The van der Waals surface area contributed by atoms with Crippen molar-refractivity contribution in [2.75, 3.05) is 11.9 Å². The molecule has 1 amide bonds. The Morgan fingerprint density at radius 2 is 2.11 bits per heavy atom. The second-order valence-electron chi connectivity index (χ2n) is 4.51. The molecule has 18 heavy (non-hydrogen) atoms. The van der Waals surface area contributed by atoms with Gasteiger partial charge in [-0.1, -0.05) is 12.2 Å². The van der Waals surface area contributed by atoms with Gasteiger partial charge in [-0.25, -0.2) is 0 Å². The highest BCUT2D eigenvalue weighted by molar-refractivity contribution is 7.80. The van der Waals surface area contributed by atoms with Crippen molar-refractivity contribution in [2.24, 2.45) is 11.7 Å². The van der Waals surface area contributed by atoms with E-state index in [2.05, 4.69) is 5.32 Å². The quantitative estimate of drug-likeness (QED) is 0.815. The van der Waals surface area contributed by atoms with Crippen LogP contribution < -0.4 is 11.1 Å². The van der Waals surface area contributed by atoms with Gasteiger partial charge in [-0.3, -0.25) is 4.79 Å². The van der Waals surface area contributed by atoms with Gasteiger partial charge in [0.05, 0.1) is 18.6 Å². The minimum atomic E-state index is -0.0599. The highest BCUT2D eigenvalue weighted by atomic mass is 32.1. The fourth-order valence-electron chi connectivity index (χ4n) is 1.96. The average molecular weight is 264 g/mol. The lowest BCUT2D eigenvalue weighted by molar-refractivity contribution is -0.119. The Morgan fingerprint density at radius 3 is 2.61 bits per heavy atom. The van der Waals surface area contributed by atoms with Gasteiger partial charge in [0.15, 0.2) is 0 Å². The number of benzene rings is 1. The number of rotatable bonds is 3. The second-order valence-corrected chi connectivity index (χ2v) is 4.95. The summed E-state index contributed by atoms with van der Waals surface area (Å²) in [4.78, 5) is 12.3. The molecule has 4 nitrogen and oxygen atoms in total. The van der Waals surface area contributed by atoms with Crippen molar-refractivity contribution < 1.29 is 9.53 Å². The monoisotopic (exact) mass is 264 g/mol. The van der Waals surface area contributed by atoms with Gasteiger partial charge in [0.25, 0.3) is 0 Å². The first-order valence-electron chi connectivity index (χ1n) is 5.88. The van der Waals surface area contributed by atoms with Crippen molar-refractivity contribution in [1.29, 1.82) is 0 Å². The van der Waals surface area contributed by atoms with E-state index >= 15 is 0 Å². The van der Waals surface area contributed by atoms with Crippen molar-refractivity contribution in [1.82, 2.24) is 0 Å². The van der Waals surface area contributed by atoms with Gasteiger partial charge >= 0.3 is 0 Å². The maximum atomic E-state index is 11.9. The van der Waals surface area contributed by atoms with Gasteiger partial charge in [-0.05, 0) is 37.6 Å². The number of carbonyl (C=O) groups excluding carboxylic acids is 1. The average Bonchev–Trinajstić information content (AvgIpc) is 2.76. The Hall–Kier alpha value is -1.46. The lowest BCUT2D eigenvalue weighted by Gasteiger charge is -2.09. The molecule has 0 saturated carbocycles. The van der Waals surface area contributed by atoms with Crippen LogP contribution in [0, 0.1) is 5.92 Å². The van der Waals surface area contributed by atoms with Gasteiger partial charge in [-0.2, -0.15) is 0 Å². The van der Waals surface area contributed by atoms with Crippen LogP contribution in [0.25, 0.3) is 0 Å². The lowest BCUT2D eigenvalue weighted by Crippen LogP contribution is -2.23. The SMILES string of the molecule is CC1CC(C(=O)Nc2ccc(C(N)=S)cc2)CO1. The lowest BCUT2D eigenvalue weighted by atomic mass is 10.1. The fourth-order valence-corrected chi connectivity index (χ4v) is 2.10. The number of amides is 1. The Kier molecular flexibility index (Phi) is 3.93. The first-order chi connectivity index (χ1) is 8.56. The number of nitrogens with two attached hydrogens (primary N) is 1. The molecule has 1 fully saturated rings. The van der Waals surface area contributed by atoms with Crippen LogP contribution in [0.2, 0.25) is 0 Å². The van der Waals surface area contributed by atoms with Crippen molar-refractivity contribution in [2.45, 2.75) is 19.4 Å². The predicted molar refractivity (Wildman–Crippen MR) is 74.5 cm³/mol. The Balaban J connectivity index is 1.97. The van der Waals surface area contributed by atoms with Crippen LogP contribution in [0.4, 0.5) is 5.69 Å². The molecule has 2 unspecified atom stereocenters. The summed E-state index contributed by atoms with van der Waals surface area (Å²) in [6, 6.07) is 7.19. The number of nitrogens with one attached hydrogen (secondary N) is 1. The van der Waals surface area contributed by atoms with E-state index in [-0.39, 0.29) is 17.9 Å². The topological polar surface area (TPSA) is 64.4 Å². The maximum Gasteiger partial charge on any atom is 0.229 e. The first kappa shape index (κ1) is 13.0. The van der Waals surface area contributed by atoms with E-state index < -0.39 is 0 Å². The molecular weight excluding hydrogens is 248 g/mol. The van der Waals surface area contributed by atoms with Crippen LogP contribution in [0.15, 0.2) is 24.3 Å². The van der Waals surface area contributed by atoms with E-state index in [1.807, 2.05) is 6.92 Å². The number of hydrogen-bond acceptors (Lipinski definition) is 3.